The first-order valence-electron chi connectivity index (χ1n) is 7.69. The smallest absolute Gasteiger partial charge is 0.254 e. The minimum Gasteiger partial charge on any atom is -0.335 e. The summed E-state index contributed by atoms with van der Waals surface area (Å²) in [4.78, 5) is 14.3. The molecule has 0 heterocycles. The van der Waals surface area contributed by atoms with E-state index in [1.807, 2.05) is 6.92 Å². The van der Waals surface area contributed by atoms with Gasteiger partial charge in [-0.05, 0) is 49.2 Å². The number of nitrogens with one attached hydrogen (secondary N) is 1. The maximum atomic E-state index is 13.1. The predicted octanol–water partition coefficient (Wildman–Crippen LogP) is 3.34. The van der Waals surface area contributed by atoms with Crippen LogP contribution in [0.15, 0.2) is 42.5 Å². The molecular formula is C18H21FN2O3S. The van der Waals surface area contributed by atoms with E-state index in [2.05, 4.69) is 4.72 Å². The summed E-state index contributed by atoms with van der Waals surface area (Å²) in [5.74, 6) is -0.590. The topological polar surface area (TPSA) is 66.5 Å². The molecular weight excluding hydrogens is 343 g/mol. The van der Waals surface area contributed by atoms with Crippen LogP contribution >= 0.6 is 0 Å². The third-order valence-corrected chi connectivity index (χ3v) is 4.62. The Kier molecular flexibility index (Phi) is 5.47. The van der Waals surface area contributed by atoms with Crippen LogP contribution in [0.3, 0.4) is 0 Å². The van der Waals surface area contributed by atoms with Crippen molar-refractivity contribution in [2.75, 3.05) is 18.0 Å². The van der Waals surface area contributed by atoms with Gasteiger partial charge in [-0.1, -0.05) is 18.2 Å². The van der Waals surface area contributed by atoms with Crippen molar-refractivity contribution in [2.45, 2.75) is 19.9 Å². The monoisotopic (exact) mass is 364 g/mol. The summed E-state index contributed by atoms with van der Waals surface area (Å²) in [5, 5.41) is 0. The van der Waals surface area contributed by atoms with Crippen molar-refractivity contribution < 1.29 is 17.6 Å². The summed E-state index contributed by atoms with van der Waals surface area (Å²) < 4.78 is 38.4. The molecule has 0 radical (unpaired) electrons. The van der Waals surface area contributed by atoms with Crippen molar-refractivity contribution in [1.82, 2.24) is 4.90 Å². The average Bonchev–Trinajstić information content (AvgIpc) is 2.54. The highest BCUT2D eigenvalue weighted by Crippen LogP contribution is 2.23. The summed E-state index contributed by atoms with van der Waals surface area (Å²) in [7, 11) is -1.78. The van der Waals surface area contributed by atoms with Crippen LogP contribution in [0.1, 0.15) is 34.5 Å². The van der Waals surface area contributed by atoms with Crippen LogP contribution in [0, 0.1) is 12.7 Å². The van der Waals surface area contributed by atoms with Gasteiger partial charge in [0.2, 0.25) is 10.0 Å². The summed E-state index contributed by atoms with van der Waals surface area (Å²) in [6, 6.07) is 10.6. The second kappa shape index (κ2) is 7.23. The van der Waals surface area contributed by atoms with Crippen LogP contribution in [-0.2, 0) is 10.0 Å². The van der Waals surface area contributed by atoms with Gasteiger partial charge in [-0.15, -0.1) is 0 Å². The molecule has 0 aliphatic rings. The van der Waals surface area contributed by atoms with E-state index in [1.165, 1.54) is 23.1 Å². The molecule has 1 amide bonds. The Balaban J connectivity index is 2.27. The Hall–Kier alpha value is -2.41. The second-order valence-corrected chi connectivity index (χ2v) is 7.80. The minimum absolute atomic E-state index is 0.256. The number of amides is 1. The first-order valence-corrected chi connectivity index (χ1v) is 9.58. The van der Waals surface area contributed by atoms with E-state index in [1.54, 1.807) is 38.2 Å². The largest absolute Gasteiger partial charge is 0.335 e. The molecule has 0 spiro atoms. The maximum Gasteiger partial charge on any atom is 0.254 e. The summed E-state index contributed by atoms with van der Waals surface area (Å²) in [6.07, 6.45) is 1.06. The fraction of sp³-hybridized carbons (Fsp3) is 0.278. The quantitative estimate of drug-likeness (QED) is 0.885. The summed E-state index contributed by atoms with van der Waals surface area (Å²) in [5.41, 5.74) is 2.26. The van der Waals surface area contributed by atoms with Crippen LogP contribution in [0.25, 0.3) is 0 Å². The predicted molar refractivity (Wildman–Crippen MR) is 96.6 cm³/mol. The van der Waals surface area contributed by atoms with Gasteiger partial charge in [0.05, 0.1) is 18.0 Å². The number of hydrogen-bond donors (Lipinski definition) is 1. The number of benzene rings is 2. The molecule has 0 saturated heterocycles. The maximum absolute atomic E-state index is 13.1. The van der Waals surface area contributed by atoms with Crippen LogP contribution in [0.5, 0.6) is 0 Å². The number of rotatable bonds is 5. The molecule has 7 heteroatoms. The zero-order chi connectivity index (χ0) is 18.8. The van der Waals surface area contributed by atoms with Crippen molar-refractivity contribution >= 4 is 21.6 Å². The molecule has 1 unspecified atom stereocenters. The van der Waals surface area contributed by atoms with Gasteiger partial charge in [-0.2, -0.15) is 0 Å². The van der Waals surface area contributed by atoms with Crippen molar-refractivity contribution in [2.24, 2.45) is 0 Å². The highest BCUT2D eigenvalue weighted by molar-refractivity contribution is 7.92. The Morgan fingerprint density at radius 3 is 2.32 bits per heavy atom. The fourth-order valence-corrected chi connectivity index (χ4v) is 3.03. The highest BCUT2D eigenvalue weighted by atomic mass is 32.2. The Morgan fingerprint density at radius 1 is 1.16 bits per heavy atom. The molecule has 0 fully saturated rings. The molecule has 1 N–H and O–H groups in total. The van der Waals surface area contributed by atoms with Crippen molar-refractivity contribution in [3.8, 4) is 0 Å². The van der Waals surface area contributed by atoms with E-state index in [4.69, 9.17) is 0 Å². The Bertz CT molecular complexity index is 880. The number of nitrogens with zero attached hydrogens (tertiary/aromatic N) is 1. The number of anilines is 1. The molecule has 134 valence electrons. The van der Waals surface area contributed by atoms with E-state index >= 15 is 0 Å². The normalized spacial score (nSPS) is 12.5. The Labute approximate surface area is 147 Å². The molecule has 0 aliphatic heterocycles. The van der Waals surface area contributed by atoms with E-state index in [0.29, 0.717) is 11.3 Å². The lowest BCUT2D eigenvalue weighted by molar-refractivity contribution is 0.0742. The van der Waals surface area contributed by atoms with Gasteiger partial charge >= 0.3 is 0 Å². The molecule has 2 aromatic rings. The zero-order valence-electron chi connectivity index (χ0n) is 14.6. The third kappa shape index (κ3) is 4.79. The van der Waals surface area contributed by atoms with Crippen molar-refractivity contribution in [1.29, 1.82) is 0 Å². The molecule has 0 saturated carbocycles. The summed E-state index contributed by atoms with van der Waals surface area (Å²) >= 11 is 0. The van der Waals surface area contributed by atoms with Crippen molar-refractivity contribution in [3.63, 3.8) is 0 Å². The molecule has 5 nitrogen and oxygen atoms in total. The number of carbonyl (C=O) groups excluding carboxylic acids is 1. The van der Waals surface area contributed by atoms with Gasteiger partial charge < -0.3 is 4.90 Å². The number of hydrogen-bond acceptors (Lipinski definition) is 3. The lowest BCUT2D eigenvalue weighted by Gasteiger charge is -2.26. The molecule has 2 aromatic carbocycles. The zero-order valence-corrected chi connectivity index (χ0v) is 15.4. The molecule has 0 aromatic heterocycles. The molecule has 2 rings (SSSR count). The van der Waals surface area contributed by atoms with Gasteiger partial charge in [0.1, 0.15) is 5.82 Å². The van der Waals surface area contributed by atoms with Crippen LogP contribution in [0.4, 0.5) is 10.1 Å². The van der Waals surface area contributed by atoms with Gasteiger partial charge in [0, 0.05) is 12.6 Å². The van der Waals surface area contributed by atoms with Gasteiger partial charge in [0.15, 0.2) is 0 Å². The number of sulfonamides is 1. The van der Waals surface area contributed by atoms with Crippen LogP contribution in [0.2, 0.25) is 0 Å². The minimum atomic E-state index is -3.44. The first-order chi connectivity index (χ1) is 11.6. The number of halogens is 1. The lowest BCUT2D eigenvalue weighted by Crippen LogP contribution is -2.29. The van der Waals surface area contributed by atoms with E-state index < -0.39 is 10.0 Å². The lowest BCUT2D eigenvalue weighted by atomic mass is 10.1. The number of aryl methyl sites for hydroxylation is 1. The average molecular weight is 364 g/mol. The molecule has 25 heavy (non-hydrogen) atoms. The number of carbonyl (C=O) groups is 1. The SMILES string of the molecule is Cc1ccc(C(=O)N(C)C(C)c2ccc(F)cc2)cc1NS(C)(=O)=O. The standard InChI is InChI=1S/C18H21FN2O3S/c1-12-5-6-15(11-17(12)20-25(4,23)24)18(22)21(3)13(2)14-7-9-16(19)10-8-14/h5-11,13,20H,1-4H3. The molecule has 1 atom stereocenters. The van der Waals surface area contributed by atoms with Gasteiger partial charge in [-0.25, -0.2) is 12.8 Å². The third-order valence-electron chi connectivity index (χ3n) is 4.03. The molecule has 0 aliphatic carbocycles. The highest BCUT2D eigenvalue weighted by Gasteiger charge is 2.20. The fourth-order valence-electron chi connectivity index (χ4n) is 2.41. The second-order valence-electron chi connectivity index (χ2n) is 6.05. The Morgan fingerprint density at radius 2 is 1.76 bits per heavy atom. The first kappa shape index (κ1) is 18.9. The van der Waals surface area contributed by atoms with Crippen molar-refractivity contribution in [3.05, 3.63) is 65.0 Å². The van der Waals surface area contributed by atoms with E-state index in [0.717, 1.165) is 17.4 Å². The van der Waals surface area contributed by atoms with Crippen LogP contribution < -0.4 is 4.72 Å². The van der Waals surface area contributed by atoms with E-state index in [9.17, 15) is 17.6 Å². The summed E-state index contributed by atoms with van der Waals surface area (Å²) in [6.45, 7) is 3.60. The van der Waals surface area contributed by atoms with Gasteiger partial charge in [0.25, 0.3) is 5.91 Å². The van der Waals surface area contributed by atoms with Crippen LogP contribution in [-0.4, -0.2) is 32.5 Å². The van der Waals surface area contributed by atoms with Gasteiger partial charge in [-0.3, -0.25) is 9.52 Å². The molecule has 0 bridgehead atoms. The van der Waals surface area contributed by atoms with E-state index in [-0.39, 0.29) is 17.8 Å².